The zero-order valence-electron chi connectivity index (χ0n) is 5.51. The Morgan fingerprint density at radius 1 is 1.64 bits per heavy atom. The Balaban J connectivity index is 0.000001000. The maximum Gasteiger partial charge on any atom is 1.00 e. The van der Waals surface area contributed by atoms with Crippen molar-refractivity contribution < 1.29 is 42.5 Å². The van der Waals surface area contributed by atoms with Gasteiger partial charge in [0.1, 0.15) is 5.51 Å². The van der Waals surface area contributed by atoms with Crippen LogP contribution in [-0.2, 0) is 10.3 Å². The molecule has 0 atom stereocenters. The van der Waals surface area contributed by atoms with Crippen LogP contribution < -0.4 is 34.3 Å². The summed E-state index contributed by atoms with van der Waals surface area (Å²) in [7, 11) is -4.44. The van der Waals surface area contributed by atoms with E-state index in [9.17, 15) is 13.0 Å². The average molecular weight is 203 g/mol. The first-order chi connectivity index (χ1) is 4.58. The van der Waals surface area contributed by atoms with Gasteiger partial charge in [0.2, 0.25) is 5.13 Å². The van der Waals surface area contributed by atoms with Crippen LogP contribution in [0.25, 0.3) is 0 Å². The second kappa shape index (κ2) is 4.33. The minimum Gasteiger partial charge on any atom is -0.731 e. The fourth-order valence-corrected chi connectivity index (χ4v) is 1.37. The summed E-state index contributed by atoms with van der Waals surface area (Å²) in [5.41, 5.74) is 1.31. The molecule has 0 bridgehead atoms. The standard InChI is InChI=1S/C2H3N3O3S2.Na/c6-10(7,8)5-2-4-3-1-9-2;/h1H,(H,4,5)(H,6,7,8);/q;+1/p-1. The van der Waals surface area contributed by atoms with E-state index >= 15 is 0 Å². The van der Waals surface area contributed by atoms with Gasteiger partial charge in [0, 0.05) is 0 Å². The molecule has 11 heavy (non-hydrogen) atoms. The van der Waals surface area contributed by atoms with E-state index in [1.807, 2.05) is 0 Å². The van der Waals surface area contributed by atoms with E-state index in [1.165, 1.54) is 5.51 Å². The molecule has 0 saturated heterocycles. The Morgan fingerprint density at radius 3 is 2.64 bits per heavy atom. The van der Waals surface area contributed by atoms with Gasteiger partial charge in [-0.3, -0.25) is 4.72 Å². The molecule has 9 heteroatoms. The Bertz CT molecular complexity index is 294. The molecule has 1 heterocycles. The molecule has 0 aromatic carbocycles. The Morgan fingerprint density at radius 2 is 2.27 bits per heavy atom. The third-order valence-corrected chi connectivity index (χ3v) is 1.75. The topological polar surface area (TPSA) is 95.0 Å². The van der Waals surface area contributed by atoms with Gasteiger partial charge in [-0.05, 0) is 0 Å². The zero-order valence-corrected chi connectivity index (χ0v) is 9.15. The summed E-state index contributed by atoms with van der Waals surface area (Å²) < 4.78 is 31.5. The maximum absolute atomic E-state index is 9.97. The predicted octanol–water partition coefficient (Wildman–Crippen LogP) is -3.59. The fourth-order valence-electron chi connectivity index (χ4n) is 0.324. The molecule has 1 aromatic rings. The van der Waals surface area contributed by atoms with Gasteiger partial charge in [-0.15, -0.1) is 10.2 Å². The first kappa shape index (κ1) is 11.3. The van der Waals surface area contributed by atoms with E-state index in [0.717, 1.165) is 11.3 Å². The molecule has 0 aliphatic rings. The maximum atomic E-state index is 9.97. The molecule has 0 aliphatic carbocycles. The van der Waals surface area contributed by atoms with Gasteiger partial charge in [0.15, 0.2) is 10.3 Å². The Hall–Kier alpha value is 0.270. The molecule has 1 rings (SSSR count). The molecule has 1 aromatic heterocycles. The van der Waals surface area contributed by atoms with E-state index in [0.29, 0.717) is 0 Å². The monoisotopic (exact) mass is 203 g/mol. The van der Waals surface area contributed by atoms with Crippen molar-refractivity contribution in [2.75, 3.05) is 4.72 Å². The van der Waals surface area contributed by atoms with Crippen LogP contribution in [0.15, 0.2) is 5.51 Å². The largest absolute Gasteiger partial charge is 1.00 e. The molecule has 0 fully saturated rings. The van der Waals surface area contributed by atoms with Crippen LogP contribution in [0.5, 0.6) is 0 Å². The van der Waals surface area contributed by atoms with Crippen LogP contribution >= 0.6 is 11.3 Å². The van der Waals surface area contributed by atoms with Gasteiger partial charge in [0.05, 0.1) is 0 Å². The first-order valence-electron chi connectivity index (χ1n) is 2.08. The molecular formula is C2H2N3NaO3S2. The molecule has 0 aliphatic heterocycles. The van der Waals surface area contributed by atoms with E-state index in [1.54, 1.807) is 4.72 Å². The van der Waals surface area contributed by atoms with Gasteiger partial charge in [-0.2, -0.15) is 0 Å². The summed E-state index contributed by atoms with van der Waals surface area (Å²) in [5.74, 6) is 0. The van der Waals surface area contributed by atoms with Crippen LogP contribution in [0, 0.1) is 0 Å². The van der Waals surface area contributed by atoms with Crippen molar-refractivity contribution in [1.29, 1.82) is 0 Å². The fraction of sp³-hybridized carbons (Fsp3) is 0. The molecule has 1 N–H and O–H groups in total. The zero-order chi connectivity index (χ0) is 7.61. The van der Waals surface area contributed by atoms with E-state index in [2.05, 4.69) is 10.2 Å². The number of rotatable bonds is 2. The van der Waals surface area contributed by atoms with Gasteiger partial charge in [-0.1, -0.05) is 11.3 Å². The van der Waals surface area contributed by atoms with Crippen molar-refractivity contribution in [2.24, 2.45) is 0 Å². The second-order valence-electron chi connectivity index (χ2n) is 1.30. The summed E-state index contributed by atoms with van der Waals surface area (Å²) in [5, 5.41) is 6.57. The summed E-state index contributed by atoms with van der Waals surface area (Å²) in [6.07, 6.45) is 0. The Kier molecular flexibility index (Phi) is 4.44. The molecular weight excluding hydrogens is 201 g/mol. The number of aromatic nitrogens is 2. The van der Waals surface area contributed by atoms with Crippen LogP contribution in [-0.4, -0.2) is 23.2 Å². The summed E-state index contributed by atoms with van der Waals surface area (Å²) in [4.78, 5) is 0. The van der Waals surface area contributed by atoms with E-state index in [4.69, 9.17) is 0 Å². The molecule has 0 amide bonds. The smallest absolute Gasteiger partial charge is 0.731 e. The summed E-state index contributed by atoms with van der Waals surface area (Å²) >= 11 is 0.937. The number of anilines is 1. The molecule has 0 radical (unpaired) electrons. The van der Waals surface area contributed by atoms with E-state index < -0.39 is 10.3 Å². The third-order valence-electron chi connectivity index (χ3n) is 0.572. The first-order valence-corrected chi connectivity index (χ1v) is 4.36. The van der Waals surface area contributed by atoms with Crippen LogP contribution in [0.2, 0.25) is 0 Å². The number of nitrogens with zero attached hydrogens (tertiary/aromatic N) is 2. The van der Waals surface area contributed by atoms with Gasteiger partial charge >= 0.3 is 29.6 Å². The molecule has 0 saturated carbocycles. The van der Waals surface area contributed by atoms with Crippen molar-refractivity contribution in [2.45, 2.75) is 0 Å². The average Bonchev–Trinajstić information content (AvgIpc) is 2.12. The Labute approximate surface area is 89.2 Å². The molecule has 0 spiro atoms. The SMILES string of the molecule is O=S(=O)([O-])Nc1nncs1.[Na+]. The van der Waals surface area contributed by atoms with Crippen LogP contribution in [0.3, 0.4) is 0 Å². The van der Waals surface area contributed by atoms with Gasteiger partial charge < -0.3 is 4.55 Å². The molecule has 56 valence electrons. The molecule has 0 unspecified atom stereocenters. The minimum absolute atomic E-state index is 0. The third kappa shape index (κ3) is 4.67. The molecule has 6 nitrogen and oxygen atoms in total. The van der Waals surface area contributed by atoms with Crippen molar-refractivity contribution in [3.05, 3.63) is 5.51 Å². The van der Waals surface area contributed by atoms with Crippen molar-refractivity contribution in [3.63, 3.8) is 0 Å². The quantitative estimate of drug-likeness (QED) is 0.396. The summed E-state index contributed by atoms with van der Waals surface area (Å²) in [6, 6.07) is 0. The predicted molar refractivity (Wildman–Crippen MR) is 33.2 cm³/mol. The van der Waals surface area contributed by atoms with Gasteiger partial charge in [0.25, 0.3) is 0 Å². The summed E-state index contributed by atoms with van der Waals surface area (Å²) in [6.45, 7) is 0. The van der Waals surface area contributed by atoms with Crippen molar-refractivity contribution in [3.8, 4) is 0 Å². The number of hydrogen-bond donors (Lipinski definition) is 1. The van der Waals surface area contributed by atoms with Crippen molar-refractivity contribution >= 4 is 26.8 Å². The second-order valence-corrected chi connectivity index (χ2v) is 3.25. The van der Waals surface area contributed by atoms with Crippen LogP contribution in [0.1, 0.15) is 0 Å². The number of hydrogen-bond acceptors (Lipinski definition) is 6. The van der Waals surface area contributed by atoms with Crippen molar-refractivity contribution in [1.82, 2.24) is 10.2 Å². The van der Waals surface area contributed by atoms with E-state index in [-0.39, 0.29) is 34.7 Å². The minimum atomic E-state index is -4.44. The normalized spacial score (nSPS) is 10.3. The van der Waals surface area contributed by atoms with Crippen LogP contribution in [0.4, 0.5) is 5.13 Å². The van der Waals surface area contributed by atoms with Gasteiger partial charge in [-0.25, -0.2) is 8.42 Å². The number of nitrogens with one attached hydrogen (secondary N) is 1.